The standard InChI is InChI=1S/C43H50N10O8S.C3H6/c1-8-28-39(57)48-24(5)43(60)53(6)19-34(55)47-23(4)42-52-31(20-62-42)41(59)51-30(14-25-16-44-36-21(2)10-9-11-27(25)36)40(58)50-29(38(56)46-18-33(54)49-28)15-26-17-45-37-22(3)12-13-32(61-7)35(26)37;1-3-2/h9-13,16-17,20,23,28-30,44-45H,5,8,14-15,18-19H2,1-4,6-7H3,(H,46,56)(H,47,55)(H,48,57)(H,49,54)(H,50,58)(H,51,59);3H,1H2,2H3/t23-,28-,29+,30+;/m1./s1. The van der Waals surface area contributed by atoms with Gasteiger partial charge in [-0.25, -0.2) is 4.98 Å². The first-order valence-electron chi connectivity index (χ1n) is 20.9. The van der Waals surface area contributed by atoms with Crippen molar-refractivity contribution in [3.05, 3.63) is 106 Å². The van der Waals surface area contributed by atoms with Gasteiger partial charge in [0.15, 0.2) is 0 Å². The molecule has 65 heavy (non-hydrogen) atoms. The lowest BCUT2D eigenvalue weighted by molar-refractivity contribution is -0.134. The van der Waals surface area contributed by atoms with E-state index in [4.69, 9.17) is 4.74 Å². The number of hydrogen-bond donors (Lipinski definition) is 8. The number of thiazole rings is 1. The Hall–Kier alpha value is -7.28. The van der Waals surface area contributed by atoms with Gasteiger partial charge in [-0.3, -0.25) is 33.6 Å². The molecule has 344 valence electrons. The molecule has 0 saturated heterocycles. The monoisotopic (exact) mass is 908 g/mol. The van der Waals surface area contributed by atoms with Gasteiger partial charge in [-0.05, 0) is 62.4 Å². The number of aromatic nitrogens is 3. The second-order valence-electron chi connectivity index (χ2n) is 15.6. The molecule has 0 spiro atoms. The first-order chi connectivity index (χ1) is 31.0. The summed E-state index contributed by atoms with van der Waals surface area (Å²) in [5.74, 6) is -4.33. The van der Waals surface area contributed by atoms with Gasteiger partial charge >= 0.3 is 0 Å². The SMILES string of the molecule is C=C1NC(=O)[C@@H](CC)NC(=O)CNC(=O)[C@H](Cc2c[nH]c3c(C)ccc(OC)c23)NC(=O)[C@H](Cc2c[nH]c3c(C)cccc23)NC(=O)c2csc(n2)[C@@H](C)NC(=O)CN(C)C1=O.C=CC. The van der Waals surface area contributed by atoms with Crippen molar-refractivity contribution in [2.75, 3.05) is 27.2 Å². The molecule has 0 radical (unpaired) electrons. The van der Waals surface area contributed by atoms with Crippen LogP contribution in [0.5, 0.6) is 5.75 Å². The van der Waals surface area contributed by atoms with Crippen LogP contribution in [0.2, 0.25) is 0 Å². The fourth-order valence-electron chi connectivity index (χ4n) is 7.29. The molecule has 0 unspecified atom stereocenters. The number of carbonyl (C=O) groups excluding carboxylic acids is 7. The molecule has 3 aromatic heterocycles. The number of carbonyl (C=O) groups is 7. The zero-order chi connectivity index (χ0) is 47.5. The van der Waals surface area contributed by atoms with E-state index >= 15 is 0 Å². The van der Waals surface area contributed by atoms with E-state index in [9.17, 15) is 33.6 Å². The Labute approximate surface area is 380 Å². The van der Waals surface area contributed by atoms with Crippen LogP contribution in [-0.2, 0) is 41.6 Å². The number of nitrogens with one attached hydrogen (secondary N) is 8. The summed E-state index contributed by atoms with van der Waals surface area (Å²) in [4.78, 5) is 107. The number of ether oxygens (including phenoxy) is 1. The van der Waals surface area contributed by atoms with E-state index in [1.54, 1.807) is 38.4 Å². The van der Waals surface area contributed by atoms with Crippen molar-refractivity contribution in [2.45, 2.75) is 78.0 Å². The van der Waals surface area contributed by atoms with E-state index in [-0.39, 0.29) is 30.7 Å². The van der Waals surface area contributed by atoms with Gasteiger partial charge in [0.1, 0.15) is 34.6 Å². The number of H-pyrrole nitrogens is 2. The van der Waals surface area contributed by atoms with Gasteiger partial charge in [0.2, 0.25) is 29.5 Å². The predicted octanol–water partition coefficient (Wildman–Crippen LogP) is 3.28. The fraction of sp³-hybridized carbons (Fsp3) is 0.348. The Balaban J connectivity index is 0.00000257. The second-order valence-corrected chi connectivity index (χ2v) is 16.5. The van der Waals surface area contributed by atoms with Crippen molar-refractivity contribution in [1.29, 1.82) is 0 Å². The summed E-state index contributed by atoms with van der Waals surface area (Å²) < 4.78 is 5.66. The number of rotatable bonds is 6. The zero-order valence-electron chi connectivity index (χ0n) is 37.5. The lowest BCUT2D eigenvalue weighted by atomic mass is 10.00. The number of allylic oxidation sites excluding steroid dienone is 1. The van der Waals surface area contributed by atoms with E-state index in [0.717, 1.165) is 49.3 Å². The number of likely N-dealkylation sites (N-methyl/N-ethyl adjacent to an activating group) is 1. The van der Waals surface area contributed by atoms with Crippen LogP contribution in [0.3, 0.4) is 0 Å². The number of amides is 7. The molecule has 19 heteroatoms. The van der Waals surface area contributed by atoms with Gasteiger partial charge in [0.05, 0.1) is 37.5 Å². The number of aromatic amines is 2. The van der Waals surface area contributed by atoms with Crippen molar-refractivity contribution in [3.63, 3.8) is 0 Å². The van der Waals surface area contributed by atoms with Crippen molar-refractivity contribution < 1.29 is 38.3 Å². The summed E-state index contributed by atoms with van der Waals surface area (Å²) in [5, 5.41) is 19.4. The van der Waals surface area contributed by atoms with Crippen molar-refractivity contribution in [3.8, 4) is 5.75 Å². The highest BCUT2D eigenvalue weighted by Crippen LogP contribution is 2.32. The summed E-state index contributed by atoms with van der Waals surface area (Å²) in [6.45, 7) is 15.1. The molecule has 8 N–H and O–H groups in total. The second kappa shape index (κ2) is 21.9. The highest BCUT2D eigenvalue weighted by molar-refractivity contribution is 7.09. The summed E-state index contributed by atoms with van der Waals surface area (Å²) in [6.07, 6.45) is 5.31. The third-order valence-electron chi connectivity index (χ3n) is 10.7. The number of benzene rings is 2. The normalized spacial score (nSPS) is 19.8. The third-order valence-corrected chi connectivity index (χ3v) is 11.7. The Bertz CT molecular complexity index is 2630. The van der Waals surface area contributed by atoms with Crippen LogP contribution >= 0.6 is 11.3 Å². The average molecular weight is 909 g/mol. The van der Waals surface area contributed by atoms with E-state index in [2.05, 4.69) is 60.0 Å². The van der Waals surface area contributed by atoms with Gasteiger partial charge in [-0.2, -0.15) is 0 Å². The summed E-state index contributed by atoms with van der Waals surface area (Å²) in [6, 6.07) is 5.10. The van der Waals surface area contributed by atoms with Crippen LogP contribution < -0.4 is 36.6 Å². The van der Waals surface area contributed by atoms with E-state index in [1.165, 1.54) is 19.5 Å². The van der Waals surface area contributed by atoms with E-state index < -0.39 is 78.6 Å². The largest absolute Gasteiger partial charge is 0.496 e. The molecule has 1 aliphatic rings. The minimum atomic E-state index is -1.29. The molecule has 18 nitrogen and oxygen atoms in total. The van der Waals surface area contributed by atoms with Gasteiger partial charge in [0, 0.05) is 54.0 Å². The van der Waals surface area contributed by atoms with Crippen molar-refractivity contribution in [2.24, 2.45) is 0 Å². The minimum absolute atomic E-state index is 0.0143. The zero-order valence-corrected chi connectivity index (χ0v) is 38.3. The topological polar surface area (TPSA) is 249 Å². The summed E-state index contributed by atoms with van der Waals surface area (Å²) in [7, 11) is 2.88. The molecule has 5 aromatic rings. The smallest absolute Gasteiger partial charge is 0.271 e. The van der Waals surface area contributed by atoms with E-state index in [0.29, 0.717) is 21.7 Å². The predicted molar refractivity (Wildman–Crippen MR) is 248 cm³/mol. The molecule has 1 aliphatic heterocycles. The highest BCUT2D eigenvalue weighted by atomic mass is 32.1. The molecule has 0 aliphatic carbocycles. The molecule has 4 atom stereocenters. The lowest BCUT2D eigenvalue weighted by Crippen LogP contribution is -2.56. The Kier molecular flexibility index (Phi) is 16.4. The maximum absolute atomic E-state index is 14.6. The number of methoxy groups -OCH3 is 1. The molecule has 2 aromatic carbocycles. The molecular weight excluding hydrogens is 853 g/mol. The number of hydrogen-bond acceptors (Lipinski definition) is 10. The third kappa shape index (κ3) is 11.8. The van der Waals surface area contributed by atoms with Gasteiger partial charge in [-0.15, -0.1) is 17.9 Å². The maximum Gasteiger partial charge on any atom is 0.271 e. The highest BCUT2D eigenvalue weighted by Gasteiger charge is 2.31. The van der Waals surface area contributed by atoms with Crippen LogP contribution in [0, 0.1) is 13.8 Å². The first kappa shape index (κ1) is 48.7. The number of nitrogens with zero attached hydrogens (tertiary/aromatic N) is 2. The first-order valence-corrected chi connectivity index (χ1v) is 21.8. The van der Waals surface area contributed by atoms with Crippen LogP contribution in [0.4, 0.5) is 0 Å². The maximum atomic E-state index is 14.6. The molecule has 4 heterocycles. The summed E-state index contributed by atoms with van der Waals surface area (Å²) >= 11 is 1.11. The van der Waals surface area contributed by atoms with Crippen LogP contribution in [0.15, 0.2) is 73.0 Å². The molecule has 2 bridgehead atoms. The van der Waals surface area contributed by atoms with Gasteiger partial charge < -0.3 is 51.5 Å². The van der Waals surface area contributed by atoms with Gasteiger partial charge in [0.25, 0.3) is 11.8 Å². The fourth-order valence-corrected chi connectivity index (χ4v) is 8.09. The molecule has 0 fully saturated rings. The number of fused-ring (bicyclic) bond motifs is 4. The molecule has 0 saturated carbocycles. The quantitative estimate of drug-likeness (QED) is 0.0919. The lowest BCUT2D eigenvalue weighted by Gasteiger charge is -2.24. The van der Waals surface area contributed by atoms with Crippen LogP contribution in [0.1, 0.15) is 71.0 Å². The average Bonchev–Trinajstić information content (AvgIpc) is 4.04. The minimum Gasteiger partial charge on any atom is -0.496 e. The Morgan fingerprint density at radius 1 is 0.846 bits per heavy atom. The molecule has 7 amide bonds. The Morgan fingerprint density at radius 2 is 1.51 bits per heavy atom. The van der Waals surface area contributed by atoms with Crippen molar-refractivity contribution in [1.82, 2.24) is 51.8 Å². The molecular formula is C46H56N10O8S. The van der Waals surface area contributed by atoms with Crippen LogP contribution in [0.25, 0.3) is 21.8 Å². The van der Waals surface area contributed by atoms with E-state index in [1.807, 2.05) is 45.0 Å². The van der Waals surface area contributed by atoms with Gasteiger partial charge in [-0.1, -0.05) is 43.8 Å². The number of aryl methyl sites for hydroxylation is 2. The Morgan fingerprint density at radius 3 is 2.22 bits per heavy atom. The summed E-state index contributed by atoms with van der Waals surface area (Å²) in [5.41, 5.74) is 4.54. The van der Waals surface area contributed by atoms with Crippen molar-refractivity contribution >= 4 is 74.5 Å². The number of para-hydroxylation sites is 1. The molecule has 6 rings (SSSR count). The van der Waals surface area contributed by atoms with Crippen LogP contribution in [-0.4, -0.2) is 107 Å².